The highest BCUT2D eigenvalue weighted by molar-refractivity contribution is 6.31. The highest BCUT2D eigenvalue weighted by Crippen LogP contribution is 2.50. The zero-order valence-corrected chi connectivity index (χ0v) is 80.4. The third kappa shape index (κ3) is 27.0. The Labute approximate surface area is 773 Å². The molecule has 4 saturated heterocycles. The van der Waals surface area contributed by atoms with Gasteiger partial charge in [0.25, 0.3) is 0 Å². The normalized spacial score (nSPS) is 19.5. The summed E-state index contributed by atoms with van der Waals surface area (Å²) in [5, 5.41) is 32.3. The number of anilines is 3. The number of aryl methyl sites for hydroxylation is 4. The van der Waals surface area contributed by atoms with Crippen molar-refractivity contribution in [2.45, 2.75) is 244 Å². The maximum Gasteiger partial charge on any atom is 0.350 e. The van der Waals surface area contributed by atoms with Crippen molar-refractivity contribution in [1.82, 2.24) is 44.0 Å². The Morgan fingerprint density at radius 1 is 0.512 bits per heavy atom. The van der Waals surface area contributed by atoms with Gasteiger partial charge in [-0.2, -0.15) is 10.2 Å². The van der Waals surface area contributed by atoms with Gasteiger partial charge in [0, 0.05) is 127 Å². The van der Waals surface area contributed by atoms with Gasteiger partial charge < -0.3 is 53.3 Å². The summed E-state index contributed by atoms with van der Waals surface area (Å²) in [6.07, 6.45) is 9.37. The zero-order chi connectivity index (χ0) is 93.1. The van der Waals surface area contributed by atoms with Crippen molar-refractivity contribution in [3.8, 4) is 17.2 Å². The minimum Gasteiger partial charge on any atom is -0.491 e. The summed E-state index contributed by atoms with van der Waals surface area (Å²) in [6, 6.07) is 47.3. The number of hydrogen-bond acceptors (Lipinski definition) is 18. The molecule has 10 aromatic rings. The SMILES string of the molecule is C.CCC(C)n1ncn(-c2ccc(N3CCN(c4ccc(OC[C@H]5CO[C@](CC(C)(C)C)(c6ccc(C)cc6Cl)O5)cc4)CC3)cc2)c1=O.Cc1ccc(C(O)(Cn2cncn2)CC(C)(C)C)c(F)c1.Cc1ccc([C@@](O)(CC(C)(C)C)[C@@H](C)c2ncncc2F)c(F)c1.Cc1ccc([C@@]2(CC(C)(C)C)OC[C@H](COc3ccc(N4CCN(C(C)C)CC4)cc3)O2)c(Cl)c1. The number of nitrogens with zero attached hydrogens (tertiary/aromatic N) is 12. The summed E-state index contributed by atoms with van der Waals surface area (Å²) in [4.78, 5) is 34.1. The Balaban J connectivity index is 0.000000188. The van der Waals surface area contributed by atoms with Crippen LogP contribution in [0.4, 0.5) is 30.2 Å². The van der Waals surface area contributed by atoms with E-state index < -0.39 is 40.3 Å². The van der Waals surface area contributed by atoms with Gasteiger partial charge in [-0.1, -0.05) is 176 Å². The molecule has 4 fully saturated rings. The molecule has 0 bridgehead atoms. The molecule has 0 spiro atoms. The van der Waals surface area contributed by atoms with Crippen LogP contribution in [0.5, 0.6) is 11.5 Å². The van der Waals surface area contributed by atoms with Crippen LogP contribution in [0.2, 0.25) is 10.0 Å². The molecule has 26 heteroatoms. The van der Waals surface area contributed by atoms with Crippen LogP contribution in [0.15, 0.2) is 182 Å². The lowest BCUT2D eigenvalue weighted by molar-refractivity contribution is -0.198. The summed E-state index contributed by atoms with van der Waals surface area (Å²) < 4.78 is 86.0. The van der Waals surface area contributed by atoms with Crippen molar-refractivity contribution >= 4 is 40.3 Å². The van der Waals surface area contributed by atoms with E-state index in [4.69, 9.17) is 51.6 Å². The monoisotopic (exact) mass is 1820 g/mol. The van der Waals surface area contributed by atoms with Gasteiger partial charge in [0.15, 0.2) is 17.4 Å². The number of ether oxygens (including phenoxy) is 6. The summed E-state index contributed by atoms with van der Waals surface area (Å²) in [6.45, 7) is 52.8. The Bertz CT molecular complexity index is 5310. The molecule has 0 saturated carbocycles. The number of benzene rings is 7. The van der Waals surface area contributed by atoms with E-state index in [1.807, 2.05) is 124 Å². The number of hydrogen-bond donors (Lipinski definition) is 2. The van der Waals surface area contributed by atoms with Crippen LogP contribution in [0.1, 0.15) is 219 Å². The lowest BCUT2D eigenvalue weighted by Crippen LogP contribution is -2.48. The topological polar surface area (TPSA) is 205 Å². The predicted molar refractivity (Wildman–Crippen MR) is 511 cm³/mol. The maximum absolute atomic E-state index is 14.6. The molecule has 7 heterocycles. The Hall–Kier alpha value is -9.21. The first-order chi connectivity index (χ1) is 60.2. The highest BCUT2D eigenvalue weighted by atomic mass is 35.5. The largest absolute Gasteiger partial charge is 0.491 e. The zero-order valence-electron chi connectivity index (χ0n) is 78.9. The van der Waals surface area contributed by atoms with Crippen LogP contribution in [-0.4, -0.2) is 151 Å². The molecule has 700 valence electrons. The fraction of sp³-hybridized carbons (Fsp3) is 0.515. The van der Waals surface area contributed by atoms with Gasteiger partial charge >= 0.3 is 5.69 Å². The van der Waals surface area contributed by atoms with Crippen molar-refractivity contribution in [3.05, 3.63) is 265 Å². The average Bonchev–Trinajstić information content (AvgIpc) is 1.45. The molecule has 2 N–H and O–H groups in total. The molecule has 4 aliphatic rings. The van der Waals surface area contributed by atoms with E-state index in [0.717, 1.165) is 121 Å². The minimum absolute atomic E-state index is 0. The third-order valence-corrected chi connectivity index (χ3v) is 24.3. The van der Waals surface area contributed by atoms with E-state index in [1.165, 1.54) is 47.2 Å². The van der Waals surface area contributed by atoms with E-state index in [9.17, 15) is 28.2 Å². The number of aliphatic hydroxyl groups is 2. The fourth-order valence-electron chi connectivity index (χ4n) is 17.4. The molecule has 14 rings (SSSR count). The number of aromatic nitrogens is 8. The Kier molecular flexibility index (Phi) is 34.0. The Morgan fingerprint density at radius 2 is 0.938 bits per heavy atom. The summed E-state index contributed by atoms with van der Waals surface area (Å²) >= 11 is 13.4. The molecule has 0 aliphatic carbocycles. The van der Waals surface area contributed by atoms with Gasteiger partial charge in [0.1, 0.15) is 85.1 Å². The van der Waals surface area contributed by atoms with Gasteiger partial charge in [-0.15, -0.1) is 0 Å². The highest BCUT2D eigenvalue weighted by Gasteiger charge is 2.50. The number of rotatable bonds is 25. The molecular formula is C103H139Cl2F3N12O9. The van der Waals surface area contributed by atoms with Gasteiger partial charge in [0.05, 0.1) is 43.4 Å². The lowest BCUT2D eigenvalue weighted by Gasteiger charge is -2.39. The standard InChI is InChI=1S/C38H48ClN5O4.C29H41ClN2O3.C19H24F2N2O.C16H22FN3O.CH4/c1-7-28(3)44-36(45)43(26-40-44)31-11-9-29(10-12-31)41-18-20-42(21-19-41)30-13-15-32(16-14-30)46-23-33-24-47-38(48-33,25-37(4,5)6)34-17-8-27(2)22-35(34)39;1-21(2)31-13-15-32(16-14-31)23-8-10-24(11-9-23)33-18-25-19-34-29(35-25,20-28(4,5)6)26-12-7-22(3)17-27(26)30;1-12-6-7-14(15(20)8-12)19(24,10-18(3,4)5)13(2)17-16(21)9-22-11-23-17;1-12-5-6-13(14(17)7-12)16(21,8-15(2,3)4)9-20-11-18-10-19-20;/h8-17,22,26,28,33H,7,18-21,23-25H2,1-6H3;7-12,17,21,25H,13-16,18-20H2,1-6H3;6-9,11,13,24H,10H2,1-5H3;5-7,10-11,21H,8-9H2,1-4H3;1H4/t28?,33-,38-;25-,29-;13-,19+;;/m000../s1. The minimum atomic E-state index is -1.59. The van der Waals surface area contributed by atoms with Crippen molar-refractivity contribution in [3.63, 3.8) is 0 Å². The maximum atomic E-state index is 14.6. The number of halogens is 5. The second-order valence-corrected chi connectivity index (χ2v) is 41.0. The molecule has 0 amide bonds. The van der Waals surface area contributed by atoms with Crippen LogP contribution in [0, 0.1) is 66.8 Å². The second kappa shape index (κ2) is 43.0. The van der Waals surface area contributed by atoms with Gasteiger partial charge in [0.2, 0.25) is 0 Å². The Morgan fingerprint density at radius 3 is 1.34 bits per heavy atom. The van der Waals surface area contributed by atoms with Crippen molar-refractivity contribution in [2.75, 3.05) is 93.5 Å². The van der Waals surface area contributed by atoms with E-state index in [1.54, 1.807) is 47.6 Å². The molecule has 8 atom stereocenters. The molecule has 21 nitrogen and oxygen atoms in total. The molecule has 4 aliphatic heterocycles. The van der Waals surface area contributed by atoms with Crippen LogP contribution < -0.4 is 29.9 Å². The first kappa shape index (κ1) is 102. The molecule has 3 aromatic heterocycles. The van der Waals surface area contributed by atoms with Gasteiger partial charge in [-0.05, 0) is 209 Å². The predicted octanol–water partition coefficient (Wildman–Crippen LogP) is 21.8. The van der Waals surface area contributed by atoms with Crippen LogP contribution >= 0.6 is 23.2 Å². The van der Waals surface area contributed by atoms with E-state index in [0.29, 0.717) is 67.3 Å². The molecule has 7 aromatic carbocycles. The number of piperazine rings is 2. The molecule has 2 unspecified atom stereocenters. The third-order valence-electron chi connectivity index (χ3n) is 23.7. The van der Waals surface area contributed by atoms with Crippen molar-refractivity contribution in [2.24, 2.45) is 21.7 Å². The van der Waals surface area contributed by atoms with E-state index >= 15 is 0 Å². The fourth-order valence-corrected chi connectivity index (χ4v) is 18.2. The lowest BCUT2D eigenvalue weighted by atomic mass is 9.70. The van der Waals surface area contributed by atoms with E-state index in [2.05, 4.69) is 168 Å². The van der Waals surface area contributed by atoms with Crippen molar-refractivity contribution in [1.29, 1.82) is 0 Å². The van der Waals surface area contributed by atoms with Crippen molar-refractivity contribution < 1.29 is 51.8 Å². The first-order valence-electron chi connectivity index (χ1n) is 44.9. The smallest absolute Gasteiger partial charge is 0.350 e. The summed E-state index contributed by atoms with van der Waals surface area (Å²) in [5.74, 6) is -2.34. The molecular weight excluding hydrogens is 1680 g/mol. The molecule has 129 heavy (non-hydrogen) atoms. The van der Waals surface area contributed by atoms with E-state index in [-0.39, 0.29) is 83.1 Å². The first-order valence-corrected chi connectivity index (χ1v) is 45.6. The molecule has 0 radical (unpaired) electrons. The van der Waals surface area contributed by atoms with Gasteiger partial charge in [-0.25, -0.2) is 46.8 Å². The second-order valence-electron chi connectivity index (χ2n) is 40.2. The van der Waals surface area contributed by atoms with Crippen LogP contribution in [0.25, 0.3) is 5.69 Å². The average molecular weight is 1820 g/mol. The van der Waals surface area contributed by atoms with Gasteiger partial charge in [-0.3, -0.25) is 4.90 Å². The summed E-state index contributed by atoms with van der Waals surface area (Å²) in [5.41, 5.74) is 7.00. The van der Waals surface area contributed by atoms with Crippen LogP contribution in [-0.2, 0) is 48.3 Å². The summed E-state index contributed by atoms with van der Waals surface area (Å²) in [7, 11) is 0. The van der Waals surface area contributed by atoms with Crippen LogP contribution in [0.3, 0.4) is 0 Å². The quantitative estimate of drug-likeness (QED) is 0.0546.